The van der Waals surface area contributed by atoms with Crippen LogP contribution in [0, 0.1) is 11.6 Å². The minimum atomic E-state index is -0.794. The van der Waals surface area contributed by atoms with Gasteiger partial charge in [-0.25, -0.2) is 8.78 Å². The number of hydrogen-bond acceptors (Lipinski definition) is 2. The molecule has 1 aliphatic heterocycles. The highest BCUT2D eigenvalue weighted by molar-refractivity contribution is 6.30. The van der Waals surface area contributed by atoms with E-state index in [0.717, 1.165) is 12.1 Å². The lowest BCUT2D eigenvalue weighted by molar-refractivity contribution is 0.0625. The second-order valence-corrected chi connectivity index (χ2v) is 4.56. The van der Waals surface area contributed by atoms with E-state index in [1.165, 1.54) is 4.90 Å². The maximum absolute atomic E-state index is 13.6. The van der Waals surface area contributed by atoms with E-state index >= 15 is 0 Å². The van der Waals surface area contributed by atoms with Gasteiger partial charge in [0.2, 0.25) is 0 Å². The van der Waals surface area contributed by atoms with Gasteiger partial charge in [0.05, 0.1) is 16.6 Å². The predicted octanol–water partition coefficient (Wildman–Crippen LogP) is 2.05. The largest absolute Gasteiger partial charge is 0.333 e. The molecule has 98 valence electrons. The highest BCUT2D eigenvalue weighted by Gasteiger charge is 2.29. The van der Waals surface area contributed by atoms with E-state index in [1.54, 1.807) is 6.92 Å². The molecular weight excluding hydrogens is 262 g/mol. The van der Waals surface area contributed by atoms with Crippen molar-refractivity contribution in [3.63, 3.8) is 0 Å². The van der Waals surface area contributed by atoms with Crippen molar-refractivity contribution in [1.82, 2.24) is 10.2 Å². The second kappa shape index (κ2) is 5.20. The van der Waals surface area contributed by atoms with E-state index in [9.17, 15) is 13.6 Å². The van der Waals surface area contributed by atoms with Crippen molar-refractivity contribution in [2.24, 2.45) is 0 Å². The number of carbonyl (C=O) groups excluding carboxylic acids is 1. The Bertz CT molecular complexity index is 477. The van der Waals surface area contributed by atoms with Crippen molar-refractivity contribution in [3.8, 4) is 0 Å². The Kier molecular flexibility index (Phi) is 3.82. The van der Waals surface area contributed by atoms with Gasteiger partial charge < -0.3 is 10.2 Å². The quantitative estimate of drug-likeness (QED) is 0.856. The first-order valence-electron chi connectivity index (χ1n) is 5.70. The zero-order valence-electron chi connectivity index (χ0n) is 9.84. The van der Waals surface area contributed by atoms with Crippen LogP contribution in [0.2, 0.25) is 5.02 Å². The Morgan fingerprint density at radius 3 is 2.61 bits per heavy atom. The molecule has 0 radical (unpaired) electrons. The Morgan fingerprint density at radius 2 is 2.11 bits per heavy atom. The van der Waals surface area contributed by atoms with Crippen LogP contribution < -0.4 is 5.32 Å². The fraction of sp³-hybridized carbons (Fsp3) is 0.417. The molecule has 0 unspecified atom stereocenters. The van der Waals surface area contributed by atoms with Crippen molar-refractivity contribution in [3.05, 3.63) is 34.4 Å². The topological polar surface area (TPSA) is 32.3 Å². The lowest BCUT2D eigenvalue weighted by Crippen LogP contribution is -2.58. The molecule has 1 aromatic carbocycles. The van der Waals surface area contributed by atoms with E-state index in [4.69, 9.17) is 11.6 Å². The molecule has 18 heavy (non-hydrogen) atoms. The third-order valence-corrected chi connectivity index (χ3v) is 3.33. The summed E-state index contributed by atoms with van der Waals surface area (Å²) in [6, 6.07) is 1.73. The number of rotatable bonds is 3. The lowest BCUT2D eigenvalue weighted by atomic mass is 10.1. The highest BCUT2D eigenvalue weighted by Crippen LogP contribution is 2.21. The summed E-state index contributed by atoms with van der Waals surface area (Å²) >= 11 is 5.46. The molecule has 1 amide bonds. The van der Waals surface area contributed by atoms with Crippen LogP contribution in [0.3, 0.4) is 0 Å². The summed E-state index contributed by atoms with van der Waals surface area (Å²) in [5, 5.41) is 2.71. The number of nitrogens with one attached hydrogen (secondary N) is 1. The average molecular weight is 275 g/mol. The van der Waals surface area contributed by atoms with Crippen molar-refractivity contribution < 1.29 is 13.6 Å². The van der Waals surface area contributed by atoms with Gasteiger partial charge in [-0.15, -0.1) is 0 Å². The summed E-state index contributed by atoms with van der Waals surface area (Å²) in [4.78, 5) is 13.7. The van der Waals surface area contributed by atoms with E-state index in [2.05, 4.69) is 5.32 Å². The maximum Gasteiger partial charge on any atom is 0.257 e. The molecule has 1 fully saturated rings. The first-order valence-corrected chi connectivity index (χ1v) is 6.08. The number of likely N-dealkylation sites (N-methyl/N-ethyl adjacent to an activating group) is 1. The fourth-order valence-corrected chi connectivity index (χ4v) is 2.05. The van der Waals surface area contributed by atoms with Crippen molar-refractivity contribution in [2.75, 3.05) is 19.6 Å². The monoisotopic (exact) mass is 274 g/mol. The Hall–Kier alpha value is -1.20. The molecule has 0 saturated carbocycles. The molecule has 0 bridgehead atoms. The zero-order valence-corrected chi connectivity index (χ0v) is 10.6. The average Bonchev–Trinajstić information content (AvgIpc) is 2.27. The summed E-state index contributed by atoms with van der Waals surface area (Å²) in [6.07, 6.45) is 0. The zero-order chi connectivity index (χ0) is 13.3. The smallest absolute Gasteiger partial charge is 0.257 e. The Morgan fingerprint density at radius 1 is 1.44 bits per heavy atom. The van der Waals surface area contributed by atoms with Crippen LogP contribution in [0.25, 0.3) is 0 Å². The van der Waals surface area contributed by atoms with Gasteiger partial charge in [-0.05, 0) is 19.1 Å². The van der Waals surface area contributed by atoms with Crippen molar-refractivity contribution in [1.29, 1.82) is 0 Å². The molecule has 0 spiro atoms. The van der Waals surface area contributed by atoms with Crippen LogP contribution >= 0.6 is 11.6 Å². The van der Waals surface area contributed by atoms with E-state index in [-0.39, 0.29) is 16.6 Å². The SMILES string of the molecule is CCN(C(=O)c1cc(F)c(Cl)cc1F)C1CNC1. The van der Waals surface area contributed by atoms with Crippen LogP contribution in [0.5, 0.6) is 0 Å². The van der Waals surface area contributed by atoms with Gasteiger partial charge in [-0.3, -0.25) is 4.79 Å². The first kappa shape index (κ1) is 13.2. The van der Waals surface area contributed by atoms with Gasteiger partial charge in [0.15, 0.2) is 0 Å². The second-order valence-electron chi connectivity index (χ2n) is 4.15. The minimum absolute atomic E-state index is 0.0423. The number of hydrogen-bond donors (Lipinski definition) is 1. The molecule has 3 nitrogen and oxygen atoms in total. The van der Waals surface area contributed by atoms with Crippen LogP contribution in [-0.2, 0) is 0 Å². The van der Waals surface area contributed by atoms with Crippen LogP contribution in [-0.4, -0.2) is 36.5 Å². The lowest BCUT2D eigenvalue weighted by Gasteiger charge is -2.37. The number of benzene rings is 1. The van der Waals surface area contributed by atoms with E-state index < -0.39 is 17.5 Å². The number of halogens is 3. The third-order valence-electron chi connectivity index (χ3n) is 3.04. The fourth-order valence-electron chi connectivity index (χ4n) is 1.90. The molecule has 1 aliphatic rings. The molecule has 2 rings (SSSR count). The van der Waals surface area contributed by atoms with Gasteiger partial charge in [-0.2, -0.15) is 0 Å². The van der Waals surface area contributed by atoms with Crippen LogP contribution in [0.1, 0.15) is 17.3 Å². The van der Waals surface area contributed by atoms with E-state index in [1.807, 2.05) is 0 Å². The number of amides is 1. The summed E-state index contributed by atoms with van der Waals surface area (Å²) in [6.45, 7) is 3.61. The maximum atomic E-state index is 13.6. The summed E-state index contributed by atoms with van der Waals surface area (Å²) in [5.41, 5.74) is -0.273. The summed E-state index contributed by atoms with van der Waals surface area (Å²) in [5.74, 6) is -2.08. The predicted molar refractivity (Wildman–Crippen MR) is 64.7 cm³/mol. The molecule has 6 heteroatoms. The molecule has 0 aliphatic carbocycles. The molecule has 0 aromatic heterocycles. The van der Waals surface area contributed by atoms with Gasteiger partial charge in [0, 0.05) is 19.6 Å². The van der Waals surface area contributed by atoms with Crippen molar-refractivity contribution in [2.45, 2.75) is 13.0 Å². The molecule has 1 N–H and O–H groups in total. The van der Waals surface area contributed by atoms with Gasteiger partial charge in [0.25, 0.3) is 5.91 Å². The third kappa shape index (κ3) is 2.33. The van der Waals surface area contributed by atoms with Gasteiger partial charge >= 0.3 is 0 Å². The molecule has 1 aromatic rings. The summed E-state index contributed by atoms with van der Waals surface area (Å²) in [7, 11) is 0. The highest BCUT2D eigenvalue weighted by atomic mass is 35.5. The van der Waals surface area contributed by atoms with Crippen LogP contribution in [0.4, 0.5) is 8.78 Å². The van der Waals surface area contributed by atoms with Crippen molar-refractivity contribution >= 4 is 17.5 Å². The van der Waals surface area contributed by atoms with E-state index in [0.29, 0.717) is 19.6 Å². The van der Waals surface area contributed by atoms with Crippen LogP contribution in [0.15, 0.2) is 12.1 Å². The Labute approximate surface area is 109 Å². The Balaban J connectivity index is 2.29. The molecule has 1 heterocycles. The standard InChI is InChI=1S/C12H13ClF2N2O/c1-2-17(7-5-16-6-7)12(18)8-3-11(15)9(13)4-10(8)14/h3-4,7,16H,2,5-6H2,1H3. The van der Waals surface area contributed by atoms with Gasteiger partial charge in [0.1, 0.15) is 11.6 Å². The molecule has 1 saturated heterocycles. The molecule has 0 atom stereocenters. The normalized spacial score (nSPS) is 15.3. The number of nitrogens with zero attached hydrogens (tertiary/aromatic N) is 1. The first-order chi connectivity index (χ1) is 8.54. The number of carbonyl (C=O) groups is 1. The minimum Gasteiger partial charge on any atom is -0.333 e. The van der Waals surface area contributed by atoms with Gasteiger partial charge in [-0.1, -0.05) is 11.6 Å². The summed E-state index contributed by atoms with van der Waals surface area (Å²) < 4.78 is 27.0. The molecular formula is C12H13ClF2N2O.